The van der Waals surface area contributed by atoms with E-state index in [9.17, 15) is 31.5 Å². The Hall–Kier alpha value is -3.82. The van der Waals surface area contributed by atoms with Crippen molar-refractivity contribution in [2.45, 2.75) is 44.5 Å². The van der Waals surface area contributed by atoms with Crippen LogP contribution in [0.5, 0.6) is 0 Å². The largest absolute Gasteiger partial charge is 0.451 e. The number of piperidine rings is 1. The SMILES string of the molecule is CCN(C)C1(C(=O)N(C=O)c2ccnc(C(F)(F)F)n2)CCN(c2cnc3cnn(CC(F)F)c3n2)CC1. The van der Waals surface area contributed by atoms with Crippen LogP contribution in [0.3, 0.4) is 0 Å². The van der Waals surface area contributed by atoms with E-state index >= 15 is 0 Å². The van der Waals surface area contributed by atoms with Crippen molar-refractivity contribution in [2.24, 2.45) is 0 Å². The van der Waals surface area contributed by atoms with Crippen LogP contribution in [-0.2, 0) is 22.3 Å². The molecule has 11 nitrogen and oxygen atoms in total. The van der Waals surface area contributed by atoms with E-state index in [-0.39, 0.29) is 38.0 Å². The van der Waals surface area contributed by atoms with E-state index in [0.29, 0.717) is 22.8 Å². The maximum Gasteiger partial charge on any atom is 0.451 e. The molecular weight excluding hydrogens is 517 g/mol. The molecule has 2 amide bonds. The van der Waals surface area contributed by atoms with Gasteiger partial charge in [0.25, 0.3) is 12.3 Å². The summed E-state index contributed by atoms with van der Waals surface area (Å²) >= 11 is 0. The zero-order valence-corrected chi connectivity index (χ0v) is 20.4. The van der Waals surface area contributed by atoms with Crippen molar-refractivity contribution >= 4 is 35.1 Å². The van der Waals surface area contributed by atoms with E-state index in [0.717, 1.165) is 16.9 Å². The lowest BCUT2D eigenvalue weighted by molar-refractivity contribution is -0.145. The third-order valence-electron chi connectivity index (χ3n) is 6.63. The average molecular weight is 541 g/mol. The summed E-state index contributed by atoms with van der Waals surface area (Å²) in [6.07, 6.45) is -3.31. The molecule has 1 fully saturated rings. The summed E-state index contributed by atoms with van der Waals surface area (Å²) in [5.41, 5.74) is -0.686. The van der Waals surface area contributed by atoms with Crippen LogP contribution in [0.1, 0.15) is 25.6 Å². The summed E-state index contributed by atoms with van der Waals surface area (Å²) in [4.78, 5) is 45.1. The van der Waals surface area contributed by atoms with Gasteiger partial charge in [0, 0.05) is 19.3 Å². The summed E-state index contributed by atoms with van der Waals surface area (Å²) < 4.78 is 66.3. The van der Waals surface area contributed by atoms with Crippen LogP contribution in [0.4, 0.5) is 33.6 Å². The second kappa shape index (κ2) is 10.5. The monoisotopic (exact) mass is 541 g/mol. The first-order chi connectivity index (χ1) is 18.0. The smallest absolute Gasteiger partial charge is 0.355 e. The van der Waals surface area contributed by atoms with E-state index in [1.165, 1.54) is 12.4 Å². The molecule has 204 valence electrons. The first kappa shape index (κ1) is 27.2. The predicted octanol–water partition coefficient (Wildman–Crippen LogP) is 2.38. The van der Waals surface area contributed by atoms with Crippen LogP contribution >= 0.6 is 0 Å². The fourth-order valence-electron chi connectivity index (χ4n) is 4.47. The molecule has 0 unspecified atom stereocenters. The normalized spacial score (nSPS) is 15.9. The molecule has 38 heavy (non-hydrogen) atoms. The molecule has 0 spiro atoms. The molecule has 1 aliphatic rings. The van der Waals surface area contributed by atoms with Crippen LogP contribution in [0.2, 0.25) is 0 Å². The third kappa shape index (κ3) is 5.12. The number of rotatable bonds is 8. The van der Waals surface area contributed by atoms with Gasteiger partial charge < -0.3 is 4.90 Å². The Morgan fingerprint density at radius 2 is 1.89 bits per heavy atom. The van der Waals surface area contributed by atoms with Crippen LogP contribution in [-0.4, -0.2) is 85.6 Å². The zero-order chi connectivity index (χ0) is 27.7. The number of carbonyl (C=O) groups is 2. The quantitative estimate of drug-likeness (QED) is 0.313. The molecule has 0 N–H and O–H groups in total. The average Bonchev–Trinajstić information content (AvgIpc) is 3.29. The van der Waals surface area contributed by atoms with Crippen molar-refractivity contribution in [1.82, 2.24) is 34.6 Å². The molecule has 3 aromatic heterocycles. The highest BCUT2D eigenvalue weighted by molar-refractivity contribution is 6.10. The van der Waals surface area contributed by atoms with Gasteiger partial charge >= 0.3 is 6.18 Å². The van der Waals surface area contributed by atoms with Gasteiger partial charge in [-0.2, -0.15) is 18.3 Å². The standard InChI is InChI=1S/C22H24F5N9O2/c1-3-33(2)21(20(38)35(13-37)16-4-7-28-19(32-16)22(25,26)27)5-8-34(9-6-21)17-11-29-14-10-30-36(12-15(23)24)18(14)31-17/h4,7,10-11,13,15H,3,5-6,8-9,12H2,1-2H3. The van der Waals surface area contributed by atoms with E-state index in [4.69, 9.17) is 0 Å². The van der Waals surface area contributed by atoms with Gasteiger partial charge in [0.1, 0.15) is 29.2 Å². The number of carbonyl (C=O) groups excluding carboxylic acids is 2. The minimum absolute atomic E-state index is 0.145. The molecule has 1 saturated heterocycles. The van der Waals surface area contributed by atoms with Gasteiger partial charge in [0.15, 0.2) is 5.65 Å². The van der Waals surface area contributed by atoms with Gasteiger partial charge in [-0.3, -0.25) is 14.5 Å². The summed E-state index contributed by atoms with van der Waals surface area (Å²) in [5.74, 6) is -2.28. The number of likely N-dealkylation sites (N-methyl/N-ethyl adjacent to an activating group) is 1. The van der Waals surface area contributed by atoms with E-state index < -0.39 is 42.2 Å². The molecule has 0 atom stereocenters. The van der Waals surface area contributed by atoms with Gasteiger partial charge in [0.05, 0.1) is 12.4 Å². The second-order valence-corrected chi connectivity index (χ2v) is 8.70. The van der Waals surface area contributed by atoms with Crippen LogP contribution in [0, 0.1) is 0 Å². The minimum Gasteiger partial charge on any atom is -0.355 e. The molecular formula is C22H24F5N9O2. The van der Waals surface area contributed by atoms with Crippen molar-refractivity contribution in [3.63, 3.8) is 0 Å². The molecule has 0 radical (unpaired) electrons. The van der Waals surface area contributed by atoms with Crippen molar-refractivity contribution in [3.8, 4) is 0 Å². The van der Waals surface area contributed by atoms with E-state index in [1.807, 2.05) is 11.8 Å². The molecule has 0 saturated carbocycles. The van der Waals surface area contributed by atoms with Gasteiger partial charge in [-0.1, -0.05) is 6.92 Å². The molecule has 3 aromatic rings. The van der Waals surface area contributed by atoms with E-state index in [1.54, 1.807) is 11.9 Å². The number of hydrogen-bond donors (Lipinski definition) is 0. The zero-order valence-electron chi connectivity index (χ0n) is 20.4. The van der Waals surface area contributed by atoms with Crippen molar-refractivity contribution in [2.75, 3.05) is 36.5 Å². The number of aromatic nitrogens is 6. The molecule has 16 heteroatoms. The Morgan fingerprint density at radius 3 is 2.50 bits per heavy atom. The van der Waals surface area contributed by atoms with Crippen molar-refractivity contribution in [3.05, 3.63) is 30.5 Å². The van der Waals surface area contributed by atoms with Crippen LogP contribution in [0.15, 0.2) is 24.7 Å². The highest BCUT2D eigenvalue weighted by Gasteiger charge is 2.47. The lowest BCUT2D eigenvalue weighted by Gasteiger charge is -2.47. The molecule has 4 rings (SSSR count). The van der Waals surface area contributed by atoms with Gasteiger partial charge in [-0.15, -0.1) is 0 Å². The Morgan fingerprint density at radius 1 is 1.18 bits per heavy atom. The first-order valence-electron chi connectivity index (χ1n) is 11.6. The second-order valence-electron chi connectivity index (χ2n) is 8.70. The number of fused-ring (bicyclic) bond motifs is 1. The number of anilines is 2. The number of amides is 2. The topological polar surface area (TPSA) is 113 Å². The first-order valence-corrected chi connectivity index (χ1v) is 11.6. The summed E-state index contributed by atoms with van der Waals surface area (Å²) in [6.45, 7) is 2.12. The summed E-state index contributed by atoms with van der Waals surface area (Å²) in [5, 5.41) is 3.90. The van der Waals surface area contributed by atoms with Crippen molar-refractivity contribution < 1.29 is 31.5 Å². The molecule has 0 aromatic carbocycles. The number of halogens is 5. The maximum atomic E-state index is 13.7. The predicted molar refractivity (Wildman–Crippen MR) is 124 cm³/mol. The molecule has 1 aliphatic heterocycles. The van der Waals surface area contributed by atoms with Gasteiger partial charge in [0.2, 0.25) is 12.2 Å². The lowest BCUT2D eigenvalue weighted by Crippen LogP contribution is -2.63. The molecule has 0 aliphatic carbocycles. The number of nitrogens with zero attached hydrogens (tertiary/aromatic N) is 9. The Balaban J connectivity index is 1.60. The van der Waals surface area contributed by atoms with Gasteiger partial charge in [-0.25, -0.2) is 38.3 Å². The van der Waals surface area contributed by atoms with E-state index in [2.05, 4.69) is 25.0 Å². The maximum absolute atomic E-state index is 13.7. The Kier molecular flexibility index (Phi) is 7.53. The lowest BCUT2D eigenvalue weighted by atomic mass is 9.84. The number of imide groups is 1. The highest BCUT2D eigenvalue weighted by Crippen LogP contribution is 2.34. The minimum atomic E-state index is -4.86. The summed E-state index contributed by atoms with van der Waals surface area (Å²) in [7, 11) is 1.69. The Labute approximate surface area is 213 Å². The van der Waals surface area contributed by atoms with Crippen molar-refractivity contribution in [1.29, 1.82) is 0 Å². The highest BCUT2D eigenvalue weighted by atomic mass is 19.4. The number of alkyl halides is 5. The van der Waals surface area contributed by atoms with Gasteiger partial charge in [-0.05, 0) is 32.5 Å². The fourth-order valence-corrected chi connectivity index (χ4v) is 4.47. The number of hydrogen-bond acceptors (Lipinski definition) is 9. The molecule has 0 bridgehead atoms. The molecule has 4 heterocycles. The van der Waals surface area contributed by atoms with Crippen LogP contribution in [0.25, 0.3) is 11.2 Å². The summed E-state index contributed by atoms with van der Waals surface area (Å²) in [6, 6.07) is 1.06. The van der Waals surface area contributed by atoms with Crippen LogP contribution < -0.4 is 9.80 Å². The fraction of sp³-hybridized carbons (Fsp3) is 0.500. The third-order valence-corrected chi connectivity index (χ3v) is 6.63. The Bertz CT molecular complexity index is 1310.